The molecule has 0 amide bonds. The highest BCUT2D eigenvalue weighted by Crippen LogP contribution is 2.29. The lowest BCUT2D eigenvalue weighted by atomic mass is 10.3. The Morgan fingerprint density at radius 1 is 1.46 bits per heavy atom. The Kier molecular flexibility index (Phi) is 3.83. The summed E-state index contributed by atoms with van der Waals surface area (Å²) < 4.78 is 11.5. The third-order valence-electron chi connectivity index (χ3n) is 1.48. The SMILES string of the molecule is C=CCOc1ccc(Br)cc1OC. The number of hydrogen-bond acceptors (Lipinski definition) is 2. The smallest absolute Gasteiger partial charge is 0.161 e. The van der Waals surface area contributed by atoms with Crippen LogP contribution in [0.15, 0.2) is 35.3 Å². The van der Waals surface area contributed by atoms with E-state index in [9.17, 15) is 0 Å². The maximum Gasteiger partial charge on any atom is 0.161 e. The van der Waals surface area contributed by atoms with Crippen molar-refractivity contribution in [2.45, 2.75) is 0 Å². The Bertz CT molecular complexity index is 297. The molecule has 0 saturated carbocycles. The van der Waals surface area contributed by atoms with Crippen molar-refractivity contribution in [1.29, 1.82) is 0 Å². The van der Waals surface area contributed by atoms with Gasteiger partial charge in [0.05, 0.1) is 7.11 Å². The summed E-state index contributed by atoms with van der Waals surface area (Å²) >= 11 is 3.35. The molecule has 0 aliphatic heterocycles. The van der Waals surface area contributed by atoms with Crippen molar-refractivity contribution in [2.24, 2.45) is 0 Å². The first-order valence-electron chi connectivity index (χ1n) is 3.85. The topological polar surface area (TPSA) is 18.5 Å². The fourth-order valence-electron chi connectivity index (χ4n) is 0.909. The number of halogens is 1. The first kappa shape index (κ1) is 10.1. The zero-order valence-electron chi connectivity index (χ0n) is 7.42. The molecule has 0 aliphatic carbocycles. The highest BCUT2D eigenvalue weighted by Gasteiger charge is 2.02. The van der Waals surface area contributed by atoms with Gasteiger partial charge in [-0.25, -0.2) is 0 Å². The Labute approximate surface area is 86.3 Å². The van der Waals surface area contributed by atoms with E-state index >= 15 is 0 Å². The molecule has 0 unspecified atom stereocenters. The third-order valence-corrected chi connectivity index (χ3v) is 1.98. The molecule has 70 valence electrons. The summed E-state index contributed by atoms with van der Waals surface area (Å²) in [7, 11) is 1.61. The van der Waals surface area contributed by atoms with Crippen LogP contribution in [-0.4, -0.2) is 13.7 Å². The average Bonchev–Trinajstić information content (AvgIpc) is 2.16. The van der Waals surface area contributed by atoms with Gasteiger partial charge in [0.1, 0.15) is 6.61 Å². The highest BCUT2D eigenvalue weighted by atomic mass is 79.9. The first-order valence-corrected chi connectivity index (χ1v) is 4.64. The van der Waals surface area contributed by atoms with E-state index in [0.717, 1.165) is 16.0 Å². The predicted octanol–water partition coefficient (Wildman–Crippen LogP) is 3.02. The van der Waals surface area contributed by atoms with Crippen LogP contribution in [0.1, 0.15) is 0 Å². The van der Waals surface area contributed by atoms with Crippen molar-refractivity contribution in [1.82, 2.24) is 0 Å². The van der Waals surface area contributed by atoms with Crippen LogP contribution < -0.4 is 9.47 Å². The second-order valence-electron chi connectivity index (χ2n) is 2.39. The molecule has 1 aromatic carbocycles. The average molecular weight is 243 g/mol. The second kappa shape index (κ2) is 4.92. The van der Waals surface area contributed by atoms with Gasteiger partial charge < -0.3 is 9.47 Å². The summed E-state index contributed by atoms with van der Waals surface area (Å²) in [6.07, 6.45) is 1.70. The molecule has 0 heterocycles. The lowest BCUT2D eigenvalue weighted by molar-refractivity contribution is 0.326. The molecule has 1 rings (SSSR count). The van der Waals surface area contributed by atoms with Crippen molar-refractivity contribution in [3.63, 3.8) is 0 Å². The fourth-order valence-corrected chi connectivity index (χ4v) is 1.25. The van der Waals surface area contributed by atoms with Gasteiger partial charge in [-0.1, -0.05) is 28.6 Å². The minimum Gasteiger partial charge on any atom is -0.493 e. The van der Waals surface area contributed by atoms with Crippen molar-refractivity contribution in [3.05, 3.63) is 35.3 Å². The van der Waals surface area contributed by atoms with Crippen LogP contribution in [0.4, 0.5) is 0 Å². The molecule has 1 aromatic rings. The first-order chi connectivity index (χ1) is 6.27. The third kappa shape index (κ3) is 2.77. The summed E-state index contributed by atoms with van der Waals surface area (Å²) in [4.78, 5) is 0. The number of rotatable bonds is 4. The molecule has 0 bridgehead atoms. The molecule has 13 heavy (non-hydrogen) atoms. The maximum atomic E-state index is 5.37. The number of benzene rings is 1. The maximum absolute atomic E-state index is 5.37. The molecule has 0 radical (unpaired) electrons. The molecule has 0 saturated heterocycles. The molecule has 0 aliphatic rings. The molecular formula is C10H11BrO2. The molecule has 3 heteroatoms. The normalized spacial score (nSPS) is 9.38. The minimum absolute atomic E-state index is 0.484. The number of hydrogen-bond donors (Lipinski definition) is 0. The Morgan fingerprint density at radius 2 is 2.23 bits per heavy atom. The van der Waals surface area contributed by atoms with E-state index in [1.807, 2.05) is 18.2 Å². The van der Waals surface area contributed by atoms with Gasteiger partial charge in [0.2, 0.25) is 0 Å². The van der Waals surface area contributed by atoms with E-state index in [1.165, 1.54) is 0 Å². The second-order valence-corrected chi connectivity index (χ2v) is 3.31. The van der Waals surface area contributed by atoms with Crippen molar-refractivity contribution < 1.29 is 9.47 Å². The quantitative estimate of drug-likeness (QED) is 0.756. The van der Waals surface area contributed by atoms with Gasteiger partial charge in [-0.2, -0.15) is 0 Å². The molecule has 0 N–H and O–H groups in total. The Morgan fingerprint density at radius 3 is 2.85 bits per heavy atom. The molecule has 0 spiro atoms. The van der Waals surface area contributed by atoms with Crippen LogP contribution >= 0.6 is 15.9 Å². The van der Waals surface area contributed by atoms with Crippen LogP contribution in [0, 0.1) is 0 Å². The van der Waals surface area contributed by atoms with Gasteiger partial charge in [-0.3, -0.25) is 0 Å². The lowest BCUT2D eigenvalue weighted by Crippen LogP contribution is -1.95. The van der Waals surface area contributed by atoms with Crippen LogP contribution in [0.25, 0.3) is 0 Å². The zero-order valence-corrected chi connectivity index (χ0v) is 9.00. The standard InChI is InChI=1S/C10H11BrO2/c1-3-6-13-9-5-4-8(11)7-10(9)12-2/h3-5,7H,1,6H2,2H3. The summed E-state index contributed by atoms with van der Waals surface area (Å²) in [6, 6.07) is 5.62. The summed E-state index contributed by atoms with van der Waals surface area (Å²) in [5, 5.41) is 0. The molecule has 0 atom stereocenters. The van der Waals surface area contributed by atoms with E-state index in [1.54, 1.807) is 13.2 Å². The van der Waals surface area contributed by atoms with Gasteiger partial charge in [-0.15, -0.1) is 0 Å². The predicted molar refractivity (Wildman–Crippen MR) is 56.4 cm³/mol. The van der Waals surface area contributed by atoms with Gasteiger partial charge in [0, 0.05) is 4.47 Å². The summed E-state index contributed by atoms with van der Waals surface area (Å²) in [6.45, 7) is 4.06. The summed E-state index contributed by atoms with van der Waals surface area (Å²) in [5.41, 5.74) is 0. The summed E-state index contributed by atoms with van der Waals surface area (Å²) in [5.74, 6) is 1.45. The minimum atomic E-state index is 0.484. The Hall–Kier alpha value is -0.960. The lowest BCUT2D eigenvalue weighted by Gasteiger charge is -2.08. The van der Waals surface area contributed by atoms with Gasteiger partial charge in [-0.05, 0) is 18.2 Å². The number of ether oxygens (including phenoxy) is 2. The van der Waals surface area contributed by atoms with Crippen LogP contribution in [-0.2, 0) is 0 Å². The van der Waals surface area contributed by atoms with Crippen molar-refractivity contribution >= 4 is 15.9 Å². The fraction of sp³-hybridized carbons (Fsp3) is 0.200. The molecule has 0 aromatic heterocycles. The highest BCUT2D eigenvalue weighted by molar-refractivity contribution is 9.10. The van der Waals surface area contributed by atoms with Crippen molar-refractivity contribution in [3.8, 4) is 11.5 Å². The van der Waals surface area contributed by atoms with Crippen LogP contribution in [0.2, 0.25) is 0 Å². The van der Waals surface area contributed by atoms with E-state index in [2.05, 4.69) is 22.5 Å². The monoisotopic (exact) mass is 242 g/mol. The molecule has 2 nitrogen and oxygen atoms in total. The van der Waals surface area contributed by atoms with Gasteiger partial charge in [0.25, 0.3) is 0 Å². The van der Waals surface area contributed by atoms with E-state index in [4.69, 9.17) is 9.47 Å². The molecular weight excluding hydrogens is 232 g/mol. The van der Waals surface area contributed by atoms with E-state index in [-0.39, 0.29) is 0 Å². The zero-order chi connectivity index (χ0) is 9.68. The Balaban J connectivity index is 2.85. The van der Waals surface area contributed by atoms with Crippen molar-refractivity contribution in [2.75, 3.05) is 13.7 Å². The van der Waals surface area contributed by atoms with Gasteiger partial charge >= 0.3 is 0 Å². The van der Waals surface area contributed by atoms with Crippen LogP contribution in [0.3, 0.4) is 0 Å². The molecule has 0 fully saturated rings. The largest absolute Gasteiger partial charge is 0.493 e. The number of methoxy groups -OCH3 is 1. The van der Waals surface area contributed by atoms with Gasteiger partial charge in [0.15, 0.2) is 11.5 Å². The van der Waals surface area contributed by atoms with Crippen LogP contribution in [0.5, 0.6) is 11.5 Å². The van der Waals surface area contributed by atoms with E-state index in [0.29, 0.717) is 6.61 Å². The van der Waals surface area contributed by atoms with E-state index < -0.39 is 0 Å².